The van der Waals surface area contributed by atoms with Crippen LogP contribution in [0, 0.1) is 6.92 Å². The smallest absolute Gasteiger partial charge is 0.259 e. The van der Waals surface area contributed by atoms with Crippen molar-refractivity contribution in [3.8, 4) is 11.5 Å². The van der Waals surface area contributed by atoms with E-state index in [2.05, 4.69) is 15.1 Å². The molecule has 0 spiro atoms. The molecule has 0 atom stereocenters. The van der Waals surface area contributed by atoms with Crippen LogP contribution in [0.3, 0.4) is 0 Å². The number of nitrogens with zero attached hydrogens (tertiary/aromatic N) is 3. The third-order valence-electron chi connectivity index (χ3n) is 2.50. The van der Waals surface area contributed by atoms with Gasteiger partial charge in [0, 0.05) is 11.1 Å². The Balaban J connectivity index is 1.72. The van der Waals surface area contributed by atoms with Gasteiger partial charge in [0.1, 0.15) is 0 Å². The van der Waals surface area contributed by atoms with Crippen LogP contribution in [0.4, 0.5) is 0 Å². The molecule has 1 aromatic carbocycles. The van der Waals surface area contributed by atoms with Crippen LogP contribution in [-0.2, 0) is 5.75 Å². The lowest BCUT2D eigenvalue weighted by Gasteiger charge is -1.95. The first kappa shape index (κ1) is 13.6. The zero-order valence-corrected chi connectivity index (χ0v) is 12.9. The lowest BCUT2D eigenvalue weighted by atomic mass is 10.2. The molecule has 0 bridgehead atoms. The van der Waals surface area contributed by atoms with Crippen molar-refractivity contribution in [1.29, 1.82) is 0 Å². The predicted molar refractivity (Wildman–Crippen MR) is 81.2 cm³/mol. The predicted octanol–water partition coefficient (Wildman–Crippen LogP) is 4.45. The topological polar surface area (TPSA) is 51.8 Å². The van der Waals surface area contributed by atoms with Crippen molar-refractivity contribution in [3.05, 3.63) is 46.2 Å². The maximum Gasteiger partial charge on any atom is 0.259 e. The first-order chi connectivity index (χ1) is 9.72. The monoisotopic (exact) mass is 323 g/mol. The van der Waals surface area contributed by atoms with E-state index in [0.717, 1.165) is 15.6 Å². The van der Waals surface area contributed by atoms with Crippen molar-refractivity contribution in [2.24, 2.45) is 0 Å². The second-order valence-corrected chi connectivity index (χ2v) is 6.53. The van der Waals surface area contributed by atoms with Gasteiger partial charge in [0.15, 0.2) is 10.2 Å². The van der Waals surface area contributed by atoms with Crippen molar-refractivity contribution in [3.63, 3.8) is 0 Å². The summed E-state index contributed by atoms with van der Waals surface area (Å²) in [4.78, 5) is 8.74. The number of aryl methyl sites for hydroxylation is 1. The summed E-state index contributed by atoms with van der Waals surface area (Å²) in [6.07, 6.45) is 0. The van der Waals surface area contributed by atoms with Crippen LogP contribution in [-0.4, -0.2) is 15.1 Å². The Labute approximate surface area is 129 Å². The van der Waals surface area contributed by atoms with Gasteiger partial charge in [0.25, 0.3) is 5.89 Å². The number of hydrogen-bond donors (Lipinski definition) is 0. The summed E-state index contributed by atoms with van der Waals surface area (Å²) < 4.78 is 6.26. The fourth-order valence-corrected chi connectivity index (χ4v) is 3.49. The molecule has 0 saturated heterocycles. The summed E-state index contributed by atoms with van der Waals surface area (Å²) in [7, 11) is 0. The minimum Gasteiger partial charge on any atom is -0.334 e. The van der Waals surface area contributed by atoms with Crippen molar-refractivity contribution < 1.29 is 4.52 Å². The molecule has 2 aromatic heterocycles. The van der Waals surface area contributed by atoms with Gasteiger partial charge in [-0.05, 0) is 19.1 Å². The third-order valence-corrected chi connectivity index (χ3v) is 4.96. The van der Waals surface area contributed by atoms with Gasteiger partial charge >= 0.3 is 0 Å². The summed E-state index contributed by atoms with van der Waals surface area (Å²) in [6, 6.07) is 7.41. The molecule has 0 aliphatic carbocycles. The molecule has 20 heavy (non-hydrogen) atoms. The molecule has 0 saturated carbocycles. The molecule has 0 aliphatic heterocycles. The Hall–Kier alpha value is -1.37. The Morgan fingerprint density at radius 1 is 1.30 bits per heavy atom. The zero-order chi connectivity index (χ0) is 13.9. The van der Waals surface area contributed by atoms with E-state index < -0.39 is 0 Å². The van der Waals surface area contributed by atoms with Gasteiger partial charge in [-0.15, -0.1) is 11.3 Å². The molecule has 0 amide bonds. The highest BCUT2D eigenvalue weighted by Crippen LogP contribution is 2.28. The van der Waals surface area contributed by atoms with Crippen molar-refractivity contribution in [2.75, 3.05) is 0 Å². The average molecular weight is 324 g/mol. The molecule has 0 aliphatic rings. The first-order valence-electron chi connectivity index (χ1n) is 5.85. The van der Waals surface area contributed by atoms with Gasteiger partial charge in [0.05, 0.1) is 16.3 Å². The lowest BCUT2D eigenvalue weighted by molar-refractivity contribution is 0.425. The summed E-state index contributed by atoms with van der Waals surface area (Å²) in [5.74, 6) is 1.71. The Morgan fingerprint density at radius 3 is 2.90 bits per heavy atom. The van der Waals surface area contributed by atoms with Gasteiger partial charge < -0.3 is 4.52 Å². The molecular formula is C13H10ClN3OS2. The molecule has 0 fully saturated rings. The van der Waals surface area contributed by atoms with Crippen LogP contribution in [0.5, 0.6) is 0 Å². The fraction of sp³-hybridized carbons (Fsp3) is 0.154. The van der Waals surface area contributed by atoms with E-state index in [-0.39, 0.29) is 0 Å². The fourth-order valence-electron chi connectivity index (χ4n) is 1.58. The van der Waals surface area contributed by atoms with E-state index in [1.54, 1.807) is 29.2 Å². The lowest BCUT2D eigenvalue weighted by Crippen LogP contribution is -1.84. The zero-order valence-electron chi connectivity index (χ0n) is 10.5. The number of benzene rings is 1. The van der Waals surface area contributed by atoms with Gasteiger partial charge in [-0.2, -0.15) is 4.98 Å². The van der Waals surface area contributed by atoms with Crippen molar-refractivity contribution in [2.45, 2.75) is 17.0 Å². The van der Waals surface area contributed by atoms with Gasteiger partial charge in [0.2, 0.25) is 0 Å². The normalized spacial score (nSPS) is 10.9. The van der Waals surface area contributed by atoms with Gasteiger partial charge in [-0.3, -0.25) is 0 Å². The van der Waals surface area contributed by atoms with Crippen LogP contribution in [0.15, 0.2) is 38.5 Å². The van der Waals surface area contributed by atoms with E-state index in [0.29, 0.717) is 22.5 Å². The Morgan fingerprint density at radius 2 is 2.15 bits per heavy atom. The third kappa shape index (κ3) is 3.03. The van der Waals surface area contributed by atoms with Crippen LogP contribution in [0.25, 0.3) is 11.5 Å². The molecule has 0 unspecified atom stereocenters. The molecule has 0 radical (unpaired) electrons. The Kier molecular flexibility index (Phi) is 4.05. The second-order valence-electron chi connectivity index (χ2n) is 4.04. The first-order valence-corrected chi connectivity index (χ1v) is 8.09. The van der Waals surface area contributed by atoms with E-state index in [1.807, 2.05) is 30.5 Å². The standard InChI is InChI=1S/C13H10ClN3OS2/c1-8-6-19-13(15-8)20-7-11-16-12(18-17-11)9-4-2-3-5-10(9)14/h2-6H,7H2,1H3. The molecule has 3 aromatic rings. The summed E-state index contributed by atoms with van der Waals surface area (Å²) in [5, 5.41) is 6.59. The highest BCUT2D eigenvalue weighted by Gasteiger charge is 2.12. The van der Waals surface area contributed by atoms with Crippen LogP contribution in [0.1, 0.15) is 11.5 Å². The molecule has 4 nitrogen and oxygen atoms in total. The van der Waals surface area contributed by atoms with Gasteiger partial charge in [-0.25, -0.2) is 4.98 Å². The largest absolute Gasteiger partial charge is 0.334 e. The van der Waals surface area contributed by atoms with Crippen LogP contribution in [0.2, 0.25) is 5.02 Å². The molecule has 7 heteroatoms. The number of halogens is 1. The van der Waals surface area contributed by atoms with Crippen LogP contribution >= 0.6 is 34.7 Å². The van der Waals surface area contributed by atoms with Crippen molar-refractivity contribution >= 4 is 34.7 Å². The molecule has 0 N–H and O–H groups in total. The van der Waals surface area contributed by atoms with E-state index in [1.165, 1.54) is 0 Å². The van der Waals surface area contributed by atoms with Crippen molar-refractivity contribution in [1.82, 2.24) is 15.1 Å². The second kappa shape index (κ2) is 5.95. The van der Waals surface area contributed by atoms with E-state index >= 15 is 0 Å². The highest BCUT2D eigenvalue weighted by atomic mass is 35.5. The average Bonchev–Trinajstić information content (AvgIpc) is 3.06. The molecular weight excluding hydrogens is 314 g/mol. The minimum atomic E-state index is 0.446. The van der Waals surface area contributed by atoms with Crippen LogP contribution < -0.4 is 0 Å². The summed E-state index contributed by atoms with van der Waals surface area (Å²) in [6.45, 7) is 1.98. The minimum absolute atomic E-state index is 0.446. The number of hydrogen-bond acceptors (Lipinski definition) is 6. The molecule has 3 rings (SSSR count). The molecule has 2 heterocycles. The highest BCUT2D eigenvalue weighted by molar-refractivity contribution is 8.00. The number of aromatic nitrogens is 3. The van der Waals surface area contributed by atoms with E-state index in [9.17, 15) is 0 Å². The summed E-state index contributed by atoms with van der Waals surface area (Å²) >= 11 is 9.32. The number of thioether (sulfide) groups is 1. The van der Waals surface area contributed by atoms with E-state index in [4.69, 9.17) is 16.1 Å². The maximum absolute atomic E-state index is 6.10. The summed E-state index contributed by atoms with van der Waals surface area (Å²) in [5.41, 5.74) is 1.78. The number of thiazole rings is 1. The molecule has 102 valence electrons. The number of rotatable bonds is 4. The van der Waals surface area contributed by atoms with Gasteiger partial charge in [-0.1, -0.05) is 40.7 Å². The Bertz CT molecular complexity index is 726. The maximum atomic E-state index is 6.10. The quantitative estimate of drug-likeness (QED) is 0.664. The SMILES string of the molecule is Cc1csc(SCc2noc(-c3ccccc3Cl)n2)n1.